The summed E-state index contributed by atoms with van der Waals surface area (Å²) in [6.07, 6.45) is 0. The zero-order valence-corrected chi connectivity index (χ0v) is 9.98. The van der Waals surface area contributed by atoms with E-state index in [4.69, 9.17) is 4.94 Å². The summed E-state index contributed by atoms with van der Waals surface area (Å²) in [7, 11) is 0. The molecule has 0 fully saturated rings. The van der Waals surface area contributed by atoms with Crippen molar-refractivity contribution in [3.8, 4) is 0 Å². The van der Waals surface area contributed by atoms with Gasteiger partial charge in [0, 0.05) is 5.56 Å². The highest BCUT2D eigenvalue weighted by molar-refractivity contribution is 5.59. The summed E-state index contributed by atoms with van der Waals surface area (Å²) < 4.78 is 0. The zero-order chi connectivity index (χ0) is 12.5. The minimum atomic E-state index is -0.00574. The predicted octanol–water partition coefficient (Wildman–Crippen LogP) is 3.42. The van der Waals surface area contributed by atoms with Crippen LogP contribution in [0.2, 0.25) is 0 Å². The van der Waals surface area contributed by atoms with Crippen molar-refractivity contribution in [1.29, 1.82) is 0 Å². The molecule has 3 rings (SSSR count). The quantitative estimate of drug-likeness (QED) is 0.766. The summed E-state index contributed by atoms with van der Waals surface area (Å²) in [6.45, 7) is 2.01. The summed E-state index contributed by atoms with van der Waals surface area (Å²) >= 11 is 0. The highest BCUT2D eigenvalue weighted by Gasteiger charge is 2.26. The first-order valence-corrected chi connectivity index (χ1v) is 5.86. The molecule has 1 aliphatic rings. The number of benzene rings is 2. The van der Waals surface area contributed by atoms with Crippen LogP contribution in [0.4, 0.5) is 11.4 Å². The molecule has 0 saturated heterocycles. The summed E-state index contributed by atoms with van der Waals surface area (Å²) in [6, 6.07) is 17.1. The third-order valence-corrected chi connectivity index (χ3v) is 3.11. The van der Waals surface area contributed by atoms with E-state index in [-0.39, 0.29) is 6.04 Å². The summed E-state index contributed by atoms with van der Waals surface area (Å²) in [5, 5.41) is 14.0. The van der Waals surface area contributed by atoms with Crippen molar-refractivity contribution in [2.45, 2.75) is 13.0 Å². The number of hydrogen-bond acceptors (Lipinski definition) is 4. The molecule has 0 radical (unpaired) electrons. The highest BCUT2D eigenvalue weighted by atomic mass is 17.0. The van der Waals surface area contributed by atoms with Gasteiger partial charge in [0.2, 0.25) is 0 Å². The first-order chi connectivity index (χ1) is 8.77. The Morgan fingerprint density at radius 1 is 1.00 bits per heavy atom. The molecule has 0 bridgehead atoms. The van der Waals surface area contributed by atoms with E-state index in [9.17, 15) is 5.21 Å². The normalized spacial score (nSPS) is 18.7. The summed E-state index contributed by atoms with van der Waals surface area (Å²) in [4.78, 5) is 5.32. The lowest BCUT2D eigenvalue weighted by Crippen LogP contribution is -2.39. The molecule has 0 spiro atoms. The highest BCUT2D eigenvalue weighted by Crippen LogP contribution is 2.37. The van der Waals surface area contributed by atoms with Crippen molar-refractivity contribution in [3.05, 3.63) is 65.4 Å². The Bertz CT molecular complexity index is 545. The Hall–Kier alpha value is -2.04. The number of anilines is 2. The van der Waals surface area contributed by atoms with Crippen molar-refractivity contribution >= 4 is 11.4 Å². The van der Waals surface area contributed by atoms with Gasteiger partial charge >= 0.3 is 0 Å². The number of fused-ring (bicyclic) bond motifs is 1. The van der Waals surface area contributed by atoms with Crippen molar-refractivity contribution in [2.24, 2.45) is 0 Å². The van der Waals surface area contributed by atoms with Gasteiger partial charge in [-0.15, -0.1) is 0 Å². The fraction of sp³-hybridized carbons (Fsp3) is 0.143. The van der Waals surface area contributed by atoms with E-state index in [2.05, 4.69) is 0 Å². The minimum absolute atomic E-state index is 0.00574. The molecule has 1 unspecified atom stereocenters. The summed E-state index contributed by atoms with van der Waals surface area (Å²) in [5.41, 5.74) is 2.39. The molecule has 1 atom stereocenters. The molecule has 0 aromatic heterocycles. The Balaban J connectivity index is 2.02. The van der Waals surface area contributed by atoms with Crippen LogP contribution in [-0.2, 0) is 4.94 Å². The van der Waals surface area contributed by atoms with E-state index < -0.39 is 0 Å². The van der Waals surface area contributed by atoms with Gasteiger partial charge in [-0.3, -0.25) is 5.23 Å². The third-order valence-electron chi connectivity index (χ3n) is 3.11. The first-order valence-electron chi connectivity index (χ1n) is 5.86. The van der Waals surface area contributed by atoms with Gasteiger partial charge in [0.05, 0.1) is 17.4 Å². The van der Waals surface area contributed by atoms with Crippen LogP contribution >= 0.6 is 0 Å². The van der Waals surface area contributed by atoms with Crippen LogP contribution in [0.15, 0.2) is 54.6 Å². The molecule has 1 aliphatic heterocycles. The second-order valence-electron chi connectivity index (χ2n) is 4.23. The summed E-state index contributed by atoms with van der Waals surface area (Å²) in [5.74, 6) is 0. The number of hydroxylamine groups is 1. The lowest BCUT2D eigenvalue weighted by molar-refractivity contribution is 0.0752. The molecule has 0 N–H and O–H groups in total. The average Bonchev–Trinajstić information content (AvgIpc) is 2.44. The van der Waals surface area contributed by atoms with Crippen LogP contribution in [-0.4, -0.2) is 0 Å². The van der Waals surface area contributed by atoms with Gasteiger partial charge in [0.1, 0.15) is 0 Å². The number of rotatable bonds is 1. The van der Waals surface area contributed by atoms with E-state index in [1.807, 2.05) is 55.5 Å². The van der Waals surface area contributed by atoms with Crippen LogP contribution < -0.4 is 10.3 Å². The lowest BCUT2D eigenvalue weighted by atomic mass is 10.0. The second kappa shape index (κ2) is 4.33. The molecule has 0 amide bonds. The predicted molar refractivity (Wildman–Crippen MR) is 70.7 cm³/mol. The number of para-hydroxylation sites is 2. The molecule has 4 heteroatoms. The van der Waals surface area contributed by atoms with Gasteiger partial charge in [-0.2, -0.15) is 4.94 Å². The Morgan fingerprint density at radius 3 is 2.44 bits per heavy atom. The topological polar surface area (TPSA) is 38.8 Å². The van der Waals surface area contributed by atoms with Gasteiger partial charge in [-0.1, -0.05) is 36.4 Å². The standard InChI is InChI=1S/C14H13N2O2/c1-11-13-9-5-6-10-14(13)16(17)18-15(11)12-7-3-2-4-8-12/h2-11H,1H3/q-1. The molecule has 92 valence electrons. The number of hydrogen-bond donors (Lipinski definition) is 0. The average molecular weight is 241 g/mol. The van der Waals surface area contributed by atoms with Gasteiger partial charge in [0.15, 0.2) is 0 Å². The maximum Gasteiger partial charge on any atom is 0.0831 e. The maximum absolute atomic E-state index is 11.9. The second-order valence-corrected chi connectivity index (χ2v) is 4.23. The van der Waals surface area contributed by atoms with Gasteiger partial charge in [0.25, 0.3) is 0 Å². The van der Waals surface area contributed by atoms with Crippen LogP contribution in [0.1, 0.15) is 18.5 Å². The van der Waals surface area contributed by atoms with Gasteiger partial charge in [-0.25, -0.2) is 5.06 Å². The van der Waals surface area contributed by atoms with E-state index >= 15 is 0 Å². The zero-order valence-electron chi connectivity index (χ0n) is 9.98. The fourth-order valence-corrected chi connectivity index (χ4v) is 2.17. The molecule has 0 saturated carbocycles. The first kappa shape index (κ1) is 11.1. The van der Waals surface area contributed by atoms with Crippen LogP contribution in [0, 0.1) is 5.21 Å². The van der Waals surface area contributed by atoms with Crippen molar-refractivity contribution in [2.75, 3.05) is 10.3 Å². The monoisotopic (exact) mass is 241 g/mol. The Labute approximate surface area is 106 Å². The molecule has 0 aliphatic carbocycles. The molecular weight excluding hydrogens is 228 g/mol. The van der Waals surface area contributed by atoms with E-state index in [0.717, 1.165) is 11.3 Å². The van der Waals surface area contributed by atoms with E-state index in [0.29, 0.717) is 10.9 Å². The number of nitrogens with zero attached hydrogens (tertiary/aromatic N) is 2. The molecule has 18 heavy (non-hydrogen) atoms. The largest absolute Gasteiger partial charge is 0.731 e. The van der Waals surface area contributed by atoms with E-state index in [1.165, 1.54) is 0 Å². The van der Waals surface area contributed by atoms with Crippen LogP contribution in [0.3, 0.4) is 0 Å². The van der Waals surface area contributed by atoms with Crippen LogP contribution in [0.5, 0.6) is 0 Å². The van der Waals surface area contributed by atoms with Gasteiger partial charge in [-0.05, 0) is 25.1 Å². The molecule has 1 heterocycles. The maximum atomic E-state index is 11.9. The van der Waals surface area contributed by atoms with Crippen molar-refractivity contribution in [1.82, 2.24) is 0 Å². The van der Waals surface area contributed by atoms with Gasteiger partial charge < -0.3 is 5.21 Å². The smallest absolute Gasteiger partial charge is 0.0831 e. The minimum Gasteiger partial charge on any atom is -0.731 e. The fourth-order valence-electron chi connectivity index (χ4n) is 2.17. The molecular formula is C14H13N2O2-. The molecule has 2 aromatic carbocycles. The van der Waals surface area contributed by atoms with Crippen molar-refractivity contribution in [3.63, 3.8) is 0 Å². The molecule has 2 aromatic rings. The lowest BCUT2D eigenvalue weighted by Gasteiger charge is -2.44. The Kier molecular flexibility index (Phi) is 2.66. The van der Waals surface area contributed by atoms with Crippen LogP contribution in [0.25, 0.3) is 0 Å². The SMILES string of the molecule is CC1c2ccccc2N([O-])ON1c1ccccc1. The Morgan fingerprint density at radius 2 is 1.67 bits per heavy atom. The van der Waals surface area contributed by atoms with Crippen molar-refractivity contribution < 1.29 is 4.94 Å². The van der Waals surface area contributed by atoms with E-state index in [1.54, 1.807) is 11.1 Å². The molecule has 4 nitrogen and oxygen atoms in total. The third kappa shape index (κ3) is 1.72.